The molecular weight excluding hydrogens is 198 g/mol. The predicted molar refractivity (Wildman–Crippen MR) is 54.3 cm³/mol. The summed E-state index contributed by atoms with van der Waals surface area (Å²) in [4.78, 5) is 11.4. The Balaban J connectivity index is 2.20. The minimum absolute atomic E-state index is 0.0843. The molecule has 0 radical (unpaired) electrons. The van der Waals surface area contributed by atoms with Crippen molar-refractivity contribution in [2.45, 2.75) is 26.0 Å². The second kappa shape index (κ2) is 6.05. The van der Waals surface area contributed by atoms with Crippen molar-refractivity contribution in [3.63, 3.8) is 0 Å². The third kappa shape index (κ3) is 4.15. The van der Waals surface area contributed by atoms with Crippen LogP contribution in [0.15, 0.2) is 0 Å². The Hall–Kier alpha value is -0.650. The fourth-order valence-corrected chi connectivity index (χ4v) is 1.18. The van der Waals surface area contributed by atoms with Gasteiger partial charge in [0, 0.05) is 0 Å². The van der Waals surface area contributed by atoms with Crippen LogP contribution in [-0.2, 0) is 19.0 Å². The second-order valence-corrected chi connectivity index (χ2v) is 3.97. The minimum atomic E-state index is -0.561. The molecule has 1 heterocycles. The lowest BCUT2D eigenvalue weighted by molar-refractivity contribution is -0.158. The number of hydrogen-bond acceptors (Lipinski definition) is 5. The average molecular weight is 217 g/mol. The fraction of sp³-hybridized carbons (Fsp3) is 0.900. The molecule has 2 atom stereocenters. The lowest BCUT2D eigenvalue weighted by Gasteiger charge is -2.23. The molecule has 0 aromatic heterocycles. The Labute approximate surface area is 89.9 Å². The van der Waals surface area contributed by atoms with Gasteiger partial charge in [-0.3, -0.25) is 4.79 Å². The number of hydrogen-bond donors (Lipinski definition) is 1. The van der Waals surface area contributed by atoms with E-state index in [4.69, 9.17) is 19.9 Å². The summed E-state index contributed by atoms with van der Waals surface area (Å²) in [5.74, 6) is -0.291. The van der Waals surface area contributed by atoms with Gasteiger partial charge in [0.2, 0.25) is 0 Å². The van der Waals surface area contributed by atoms with Gasteiger partial charge in [-0.15, -0.1) is 0 Å². The van der Waals surface area contributed by atoms with Gasteiger partial charge < -0.3 is 19.9 Å². The van der Waals surface area contributed by atoms with Crippen LogP contribution in [0.5, 0.6) is 0 Å². The smallest absolute Gasteiger partial charge is 0.323 e. The molecule has 0 saturated carbocycles. The molecule has 1 aliphatic rings. The number of nitrogens with two attached hydrogens (primary N) is 1. The van der Waals surface area contributed by atoms with Gasteiger partial charge in [-0.2, -0.15) is 0 Å². The lowest BCUT2D eigenvalue weighted by atomic mass is 10.1. The van der Waals surface area contributed by atoms with Crippen LogP contribution in [-0.4, -0.2) is 44.5 Å². The number of ether oxygens (including phenoxy) is 3. The summed E-state index contributed by atoms with van der Waals surface area (Å²) in [6, 6.07) is -0.561. The third-order valence-corrected chi connectivity index (χ3v) is 2.29. The van der Waals surface area contributed by atoms with E-state index in [1.807, 2.05) is 13.8 Å². The van der Waals surface area contributed by atoms with Gasteiger partial charge in [0.25, 0.3) is 0 Å². The Morgan fingerprint density at radius 3 is 2.80 bits per heavy atom. The summed E-state index contributed by atoms with van der Waals surface area (Å²) in [5.41, 5.74) is 5.63. The molecule has 5 heteroatoms. The van der Waals surface area contributed by atoms with Crippen LogP contribution in [0.2, 0.25) is 0 Å². The molecule has 1 aliphatic heterocycles. The van der Waals surface area contributed by atoms with Crippen LogP contribution >= 0.6 is 0 Å². The van der Waals surface area contributed by atoms with E-state index < -0.39 is 6.04 Å². The minimum Gasteiger partial charge on any atom is -0.462 e. The first kappa shape index (κ1) is 12.4. The fourth-order valence-electron chi connectivity index (χ4n) is 1.18. The van der Waals surface area contributed by atoms with Crippen LogP contribution in [0.3, 0.4) is 0 Å². The van der Waals surface area contributed by atoms with Crippen molar-refractivity contribution >= 4 is 5.97 Å². The molecule has 0 amide bonds. The quantitative estimate of drug-likeness (QED) is 0.667. The lowest BCUT2D eigenvalue weighted by Crippen LogP contribution is -2.40. The van der Waals surface area contributed by atoms with E-state index in [0.717, 1.165) is 0 Å². The van der Waals surface area contributed by atoms with E-state index in [1.54, 1.807) is 0 Å². The summed E-state index contributed by atoms with van der Waals surface area (Å²) in [7, 11) is 0. The van der Waals surface area contributed by atoms with E-state index in [-0.39, 0.29) is 24.6 Å². The van der Waals surface area contributed by atoms with Gasteiger partial charge in [0.15, 0.2) is 0 Å². The molecule has 0 aromatic rings. The van der Waals surface area contributed by atoms with Crippen molar-refractivity contribution in [3.8, 4) is 0 Å². The van der Waals surface area contributed by atoms with Crippen LogP contribution in [0.4, 0.5) is 0 Å². The Morgan fingerprint density at radius 1 is 1.53 bits per heavy atom. The Bertz CT molecular complexity index is 202. The SMILES string of the molecule is CC(C)C(N)C(=O)OCC1COCCO1. The maximum absolute atomic E-state index is 11.4. The Morgan fingerprint density at radius 2 is 2.27 bits per heavy atom. The van der Waals surface area contributed by atoms with E-state index in [2.05, 4.69) is 0 Å². The maximum Gasteiger partial charge on any atom is 0.323 e. The summed E-state index contributed by atoms with van der Waals surface area (Å²) in [6.07, 6.45) is -0.151. The number of esters is 1. The third-order valence-electron chi connectivity index (χ3n) is 2.29. The van der Waals surface area contributed by atoms with Crippen LogP contribution in [0.1, 0.15) is 13.8 Å². The standard InChI is InChI=1S/C10H19NO4/c1-7(2)9(11)10(12)15-6-8-5-13-3-4-14-8/h7-9H,3-6,11H2,1-2H3. The molecule has 5 nitrogen and oxygen atoms in total. The van der Waals surface area contributed by atoms with Crippen molar-refractivity contribution in [1.82, 2.24) is 0 Å². The molecular formula is C10H19NO4. The van der Waals surface area contributed by atoms with Crippen molar-refractivity contribution in [1.29, 1.82) is 0 Å². The Kier molecular flexibility index (Phi) is 5.01. The monoisotopic (exact) mass is 217 g/mol. The molecule has 1 saturated heterocycles. The van der Waals surface area contributed by atoms with Crippen molar-refractivity contribution in [2.24, 2.45) is 11.7 Å². The van der Waals surface area contributed by atoms with E-state index in [0.29, 0.717) is 19.8 Å². The summed E-state index contributed by atoms with van der Waals surface area (Å²) < 4.78 is 15.5. The molecule has 0 aliphatic carbocycles. The zero-order chi connectivity index (χ0) is 11.3. The molecule has 0 spiro atoms. The highest BCUT2D eigenvalue weighted by Gasteiger charge is 2.21. The first-order valence-corrected chi connectivity index (χ1v) is 5.23. The second-order valence-electron chi connectivity index (χ2n) is 3.97. The van der Waals surface area contributed by atoms with Crippen LogP contribution in [0.25, 0.3) is 0 Å². The predicted octanol–water partition coefficient (Wildman–Crippen LogP) is -0.0717. The zero-order valence-corrected chi connectivity index (χ0v) is 9.27. The average Bonchev–Trinajstić information content (AvgIpc) is 2.26. The van der Waals surface area contributed by atoms with Crippen LogP contribution < -0.4 is 5.73 Å². The summed E-state index contributed by atoms with van der Waals surface area (Å²) in [5, 5.41) is 0. The zero-order valence-electron chi connectivity index (χ0n) is 9.27. The maximum atomic E-state index is 11.4. The molecule has 1 rings (SSSR count). The molecule has 2 unspecified atom stereocenters. The topological polar surface area (TPSA) is 70.8 Å². The molecule has 15 heavy (non-hydrogen) atoms. The van der Waals surface area contributed by atoms with Crippen molar-refractivity contribution in [2.75, 3.05) is 26.4 Å². The summed E-state index contributed by atoms with van der Waals surface area (Å²) >= 11 is 0. The first-order chi connectivity index (χ1) is 7.11. The van der Waals surface area contributed by atoms with E-state index in [9.17, 15) is 4.79 Å². The molecule has 0 bridgehead atoms. The van der Waals surface area contributed by atoms with E-state index >= 15 is 0 Å². The van der Waals surface area contributed by atoms with E-state index in [1.165, 1.54) is 0 Å². The van der Waals surface area contributed by atoms with Gasteiger partial charge >= 0.3 is 5.97 Å². The highest BCUT2D eigenvalue weighted by atomic mass is 16.6. The van der Waals surface area contributed by atoms with Gasteiger partial charge in [-0.05, 0) is 5.92 Å². The first-order valence-electron chi connectivity index (χ1n) is 5.23. The van der Waals surface area contributed by atoms with Crippen molar-refractivity contribution in [3.05, 3.63) is 0 Å². The highest BCUT2D eigenvalue weighted by Crippen LogP contribution is 2.04. The number of carbonyl (C=O) groups is 1. The molecule has 88 valence electrons. The van der Waals surface area contributed by atoms with Crippen molar-refractivity contribution < 1.29 is 19.0 Å². The van der Waals surface area contributed by atoms with Crippen LogP contribution in [0, 0.1) is 5.92 Å². The van der Waals surface area contributed by atoms with Gasteiger partial charge in [0.1, 0.15) is 18.8 Å². The van der Waals surface area contributed by atoms with Gasteiger partial charge in [0.05, 0.1) is 19.8 Å². The van der Waals surface area contributed by atoms with Gasteiger partial charge in [-0.25, -0.2) is 0 Å². The number of carbonyl (C=O) groups excluding carboxylic acids is 1. The molecule has 0 aromatic carbocycles. The van der Waals surface area contributed by atoms with Gasteiger partial charge in [-0.1, -0.05) is 13.8 Å². The normalized spacial score (nSPS) is 23.9. The highest BCUT2D eigenvalue weighted by molar-refractivity contribution is 5.75. The largest absolute Gasteiger partial charge is 0.462 e. The number of rotatable bonds is 4. The summed E-state index contributed by atoms with van der Waals surface area (Å²) in [6.45, 7) is 5.62. The molecule has 1 fully saturated rings. The molecule has 2 N–H and O–H groups in total.